The zero-order valence-corrected chi connectivity index (χ0v) is 13.7. The van der Waals surface area contributed by atoms with Crippen LogP contribution in [0.4, 0.5) is 0 Å². The van der Waals surface area contributed by atoms with Gasteiger partial charge in [-0.05, 0) is 34.8 Å². The largest absolute Gasteiger partial charge is 0.292 e. The molecule has 0 aliphatic rings. The Balaban J connectivity index is 2.18. The molecule has 1 aromatic heterocycles. The van der Waals surface area contributed by atoms with Crippen molar-refractivity contribution in [2.45, 2.75) is 33.2 Å². The number of halogens is 1. The molecule has 21 heavy (non-hydrogen) atoms. The third kappa shape index (κ3) is 3.67. The van der Waals surface area contributed by atoms with E-state index in [1.807, 2.05) is 24.3 Å². The Kier molecular flexibility index (Phi) is 5.07. The molecule has 0 atom stereocenters. The summed E-state index contributed by atoms with van der Waals surface area (Å²) in [4.78, 5) is 28.3. The van der Waals surface area contributed by atoms with E-state index in [4.69, 9.17) is 0 Å². The van der Waals surface area contributed by atoms with E-state index in [-0.39, 0.29) is 17.9 Å². The standard InChI is InChI=1S/C16H17BrN2O2/c1-3-4-12-5-7-13(8-6-12)14(20)9-19-10-18-11(2)15(17)16(19)21/h5-8,10H,3-4,9H2,1-2H3. The maximum atomic E-state index is 12.2. The maximum absolute atomic E-state index is 12.2. The molecule has 0 unspecified atom stereocenters. The van der Waals surface area contributed by atoms with Gasteiger partial charge in [-0.2, -0.15) is 0 Å². The van der Waals surface area contributed by atoms with Crippen LogP contribution in [0.2, 0.25) is 0 Å². The van der Waals surface area contributed by atoms with Gasteiger partial charge in [0.2, 0.25) is 0 Å². The molecule has 0 amide bonds. The van der Waals surface area contributed by atoms with Crippen LogP contribution in [0.15, 0.2) is 39.9 Å². The number of aryl methyl sites for hydroxylation is 2. The van der Waals surface area contributed by atoms with Crippen molar-refractivity contribution in [1.82, 2.24) is 9.55 Å². The predicted molar refractivity (Wildman–Crippen MR) is 85.7 cm³/mol. The molecule has 0 aliphatic carbocycles. The first-order valence-electron chi connectivity index (χ1n) is 6.86. The second-order valence-corrected chi connectivity index (χ2v) is 5.74. The SMILES string of the molecule is CCCc1ccc(C(=O)Cn2cnc(C)c(Br)c2=O)cc1. The van der Waals surface area contributed by atoms with Crippen LogP contribution in [-0.2, 0) is 13.0 Å². The van der Waals surface area contributed by atoms with Crippen molar-refractivity contribution in [1.29, 1.82) is 0 Å². The minimum absolute atomic E-state index is 0.00215. The van der Waals surface area contributed by atoms with E-state index < -0.39 is 0 Å². The van der Waals surface area contributed by atoms with Crippen LogP contribution in [0, 0.1) is 6.92 Å². The van der Waals surface area contributed by atoms with Crippen molar-refractivity contribution in [3.8, 4) is 0 Å². The lowest BCUT2D eigenvalue weighted by molar-refractivity contribution is 0.0970. The van der Waals surface area contributed by atoms with Crippen LogP contribution in [0.3, 0.4) is 0 Å². The van der Waals surface area contributed by atoms with E-state index in [1.54, 1.807) is 6.92 Å². The summed E-state index contributed by atoms with van der Waals surface area (Å²) in [5.74, 6) is -0.0994. The molecule has 0 radical (unpaired) electrons. The van der Waals surface area contributed by atoms with Crippen molar-refractivity contribution in [3.63, 3.8) is 0 Å². The number of aromatic nitrogens is 2. The van der Waals surface area contributed by atoms with Gasteiger partial charge in [-0.3, -0.25) is 14.2 Å². The number of nitrogens with zero attached hydrogens (tertiary/aromatic N) is 2. The Morgan fingerprint density at radius 1 is 1.29 bits per heavy atom. The van der Waals surface area contributed by atoms with E-state index in [2.05, 4.69) is 27.8 Å². The van der Waals surface area contributed by atoms with Gasteiger partial charge in [0, 0.05) is 5.56 Å². The van der Waals surface area contributed by atoms with Gasteiger partial charge in [-0.25, -0.2) is 4.98 Å². The van der Waals surface area contributed by atoms with E-state index in [1.165, 1.54) is 16.5 Å². The third-order valence-electron chi connectivity index (χ3n) is 3.29. The molecule has 0 fully saturated rings. The second kappa shape index (κ2) is 6.80. The van der Waals surface area contributed by atoms with Gasteiger partial charge in [0.05, 0.1) is 18.6 Å². The number of rotatable bonds is 5. The lowest BCUT2D eigenvalue weighted by Crippen LogP contribution is -2.25. The van der Waals surface area contributed by atoms with Gasteiger partial charge in [-0.1, -0.05) is 37.6 Å². The smallest absolute Gasteiger partial charge is 0.268 e. The summed E-state index contributed by atoms with van der Waals surface area (Å²) in [6.45, 7) is 3.86. The number of carbonyl (C=O) groups excluding carboxylic acids is 1. The number of Topliss-reactive ketones (excluding diaryl/α,β-unsaturated/α-hetero) is 1. The van der Waals surface area contributed by atoms with Crippen LogP contribution in [0.25, 0.3) is 0 Å². The van der Waals surface area contributed by atoms with Gasteiger partial charge in [0.25, 0.3) is 5.56 Å². The number of carbonyl (C=O) groups is 1. The molecule has 0 N–H and O–H groups in total. The van der Waals surface area contributed by atoms with Crippen LogP contribution in [-0.4, -0.2) is 15.3 Å². The molecule has 0 saturated carbocycles. The van der Waals surface area contributed by atoms with Gasteiger partial charge in [-0.15, -0.1) is 0 Å². The fourth-order valence-corrected chi connectivity index (χ4v) is 2.38. The average molecular weight is 349 g/mol. The van der Waals surface area contributed by atoms with Gasteiger partial charge < -0.3 is 0 Å². The number of benzene rings is 1. The monoisotopic (exact) mass is 348 g/mol. The fraction of sp³-hybridized carbons (Fsp3) is 0.312. The molecule has 0 aliphatic heterocycles. The minimum Gasteiger partial charge on any atom is -0.292 e. The quantitative estimate of drug-likeness (QED) is 0.780. The van der Waals surface area contributed by atoms with E-state index >= 15 is 0 Å². The molecule has 5 heteroatoms. The number of hydrogen-bond acceptors (Lipinski definition) is 3. The molecular formula is C16H17BrN2O2. The molecule has 110 valence electrons. The average Bonchev–Trinajstić information content (AvgIpc) is 2.49. The van der Waals surface area contributed by atoms with Crippen LogP contribution >= 0.6 is 15.9 Å². The highest BCUT2D eigenvalue weighted by Crippen LogP contribution is 2.09. The van der Waals surface area contributed by atoms with Crippen LogP contribution < -0.4 is 5.56 Å². The maximum Gasteiger partial charge on any atom is 0.268 e. The minimum atomic E-state index is -0.238. The van der Waals surface area contributed by atoms with E-state index in [0.29, 0.717) is 15.7 Å². The Bertz CT molecular complexity index is 705. The molecular weight excluding hydrogens is 332 g/mol. The van der Waals surface area contributed by atoms with E-state index in [9.17, 15) is 9.59 Å². The predicted octanol–water partition coefficient (Wildman–Crippen LogP) is 3.15. The number of ketones is 1. The topological polar surface area (TPSA) is 52.0 Å². The van der Waals surface area contributed by atoms with Crippen molar-refractivity contribution in [2.24, 2.45) is 0 Å². The molecule has 2 rings (SSSR count). The Labute approximate surface area is 132 Å². The van der Waals surface area contributed by atoms with Crippen molar-refractivity contribution >= 4 is 21.7 Å². The summed E-state index contributed by atoms with van der Waals surface area (Å²) < 4.78 is 1.72. The van der Waals surface area contributed by atoms with Crippen molar-refractivity contribution in [3.05, 3.63) is 62.2 Å². The molecule has 0 bridgehead atoms. The second-order valence-electron chi connectivity index (χ2n) is 4.95. The van der Waals surface area contributed by atoms with Gasteiger partial charge in [0.1, 0.15) is 4.47 Å². The summed E-state index contributed by atoms with van der Waals surface area (Å²) >= 11 is 3.20. The van der Waals surface area contributed by atoms with Gasteiger partial charge >= 0.3 is 0 Å². The summed E-state index contributed by atoms with van der Waals surface area (Å²) in [6, 6.07) is 7.55. The normalized spacial score (nSPS) is 10.6. The molecule has 2 aromatic rings. The molecule has 4 nitrogen and oxygen atoms in total. The van der Waals surface area contributed by atoms with Crippen molar-refractivity contribution < 1.29 is 4.79 Å². The highest BCUT2D eigenvalue weighted by atomic mass is 79.9. The molecule has 0 saturated heterocycles. The molecule has 1 heterocycles. The first-order chi connectivity index (χ1) is 10.0. The third-order valence-corrected chi connectivity index (χ3v) is 4.20. The zero-order chi connectivity index (χ0) is 15.4. The van der Waals surface area contributed by atoms with Crippen LogP contribution in [0.1, 0.15) is 35.0 Å². The lowest BCUT2D eigenvalue weighted by atomic mass is 10.1. The summed E-state index contributed by atoms with van der Waals surface area (Å²) in [6.07, 6.45) is 3.49. The Morgan fingerprint density at radius 3 is 2.57 bits per heavy atom. The Morgan fingerprint density at radius 2 is 1.95 bits per heavy atom. The summed E-state index contributed by atoms with van der Waals surface area (Å²) in [5.41, 5.74) is 2.20. The first kappa shape index (κ1) is 15.6. The molecule has 0 spiro atoms. The highest BCUT2D eigenvalue weighted by molar-refractivity contribution is 9.10. The fourth-order valence-electron chi connectivity index (χ4n) is 2.05. The molecule has 1 aromatic carbocycles. The van der Waals surface area contributed by atoms with Crippen molar-refractivity contribution in [2.75, 3.05) is 0 Å². The zero-order valence-electron chi connectivity index (χ0n) is 12.1. The summed E-state index contributed by atoms with van der Waals surface area (Å²) in [7, 11) is 0. The van der Waals surface area contributed by atoms with Gasteiger partial charge in [0.15, 0.2) is 5.78 Å². The lowest BCUT2D eigenvalue weighted by Gasteiger charge is -2.07. The number of hydrogen-bond donors (Lipinski definition) is 0. The summed E-state index contributed by atoms with van der Waals surface area (Å²) in [5, 5.41) is 0. The van der Waals surface area contributed by atoms with E-state index in [0.717, 1.165) is 12.8 Å². The highest BCUT2D eigenvalue weighted by Gasteiger charge is 2.11. The first-order valence-corrected chi connectivity index (χ1v) is 7.66. The van der Waals surface area contributed by atoms with Crippen LogP contribution in [0.5, 0.6) is 0 Å². The Hall–Kier alpha value is -1.75.